The third-order valence-electron chi connectivity index (χ3n) is 5.14. The van der Waals surface area contributed by atoms with Crippen molar-refractivity contribution in [3.63, 3.8) is 0 Å². The third kappa shape index (κ3) is 5.80. The van der Waals surface area contributed by atoms with Crippen molar-refractivity contribution in [3.8, 4) is 17.2 Å². The average Bonchev–Trinajstić information content (AvgIpc) is 3.24. The highest BCUT2D eigenvalue weighted by atomic mass is 35.5. The van der Waals surface area contributed by atoms with Crippen molar-refractivity contribution in [3.05, 3.63) is 95.3 Å². The molecule has 0 fully saturated rings. The van der Waals surface area contributed by atoms with Gasteiger partial charge in [0, 0.05) is 16.4 Å². The summed E-state index contributed by atoms with van der Waals surface area (Å²) in [5, 5.41) is 10.5. The maximum absolute atomic E-state index is 12.9. The Bertz CT molecular complexity index is 1370. The molecular formula is C26H23ClN4O4. The van der Waals surface area contributed by atoms with Crippen molar-refractivity contribution in [2.24, 2.45) is 0 Å². The Labute approximate surface area is 207 Å². The van der Waals surface area contributed by atoms with Crippen LogP contribution in [0.5, 0.6) is 11.5 Å². The Morgan fingerprint density at radius 1 is 0.943 bits per heavy atom. The molecule has 1 heterocycles. The molecule has 2 N–H and O–H groups in total. The van der Waals surface area contributed by atoms with Gasteiger partial charge in [0.1, 0.15) is 0 Å². The van der Waals surface area contributed by atoms with Gasteiger partial charge in [-0.05, 0) is 55.5 Å². The van der Waals surface area contributed by atoms with E-state index in [1.807, 2.05) is 18.2 Å². The Hall–Kier alpha value is -4.30. The predicted octanol–water partition coefficient (Wildman–Crippen LogP) is 5.11. The molecule has 0 aliphatic carbocycles. The first kappa shape index (κ1) is 23.8. The molecule has 4 rings (SSSR count). The molecule has 0 aliphatic heterocycles. The number of halogens is 1. The van der Waals surface area contributed by atoms with Crippen LogP contribution in [0.15, 0.2) is 79.0 Å². The lowest BCUT2D eigenvalue weighted by Crippen LogP contribution is -2.20. The van der Waals surface area contributed by atoms with Crippen LogP contribution >= 0.6 is 11.6 Å². The van der Waals surface area contributed by atoms with Crippen molar-refractivity contribution in [1.29, 1.82) is 0 Å². The summed E-state index contributed by atoms with van der Waals surface area (Å²) < 4.78 is 12.4. The van der Waals surface area contributed by atoms with Gasteiger partial charge in [-0.2, -0.15) is 5.10 Å². The standard InChI is InChI=1S/C26H23ClN4O4/c1-17-22(15-28-31(17)21-10-5-7-18(27)13-21)26(33)30-20-9-6-8-19(14-20)29-25(32)16-35-24-12-4-3-11-23(24)34-2/h3-15H,16H2,1-2H3,(H,29,32)(H,30,33). The summed E-state index contributed by atoms with van der Waals surface area (Å²) in [5.41, 5.74) is 2.89. The minimum Gasteiger partial charge on any atom is -0.493 e. The molecule has 4 aromatic rings. The molecule has 0 spiro atoms. The first-order chi connectivity index (χ1) is 16.9. The van der Waals surface area contributed by atoms with Gasteiger partial charge in [-0.25, -0.2) is 4.68 Å². The van der Waals surface area contributed by atoms with Crippen molar-refractivity contribution in [1.82, 2.24) is 9.78 Å². The van der Waals surface area contributed by atoms with Gasteiger partial charge in [-0.1, -0.05) is 35.9 Å². The van der Waals surface area contributed by atoms with Crippen molar-refractivity contribution in [2.45, 2.75) is 6.92 Å². The monoisotopic (exact) mass is 490 g/mol. The fourth-order valence-electron chi connectivity index (χ4n) is 3.45. The molecule has 0 radical (unpaired) electrons. The molecule has 178 valence electrons. The summed E-state index contributed by atoms with van der Waals surface area (Å²) in [7, 11) is 1.53. The highest BCUT2D eigenvalue weighted by Crippen LogP contribution is 2.26. The van der Waals surface area contributed by atoms with E-state index in [-0.39, 0.29) is 18.4 Å². The molecule has 0 saturated carbocycles. The number of para-hydroxylation sites is 2. The number of benzene rings is 3. The number of ether oxygens (including phenoxy) is 2. The minimum atomic E-state index is -0.349. The molecule has 8 nitrogen and oxygen atoms in total. The van der Waals surface area contributed by atoms with Gasteiger partial charge in [0.25, 0.3) is 11.8 Å². The van der Waals surface area contributed by atoms with Crippen molar-refractivity contribution in [2.75, 3.05) is 24.4 Å². The number of hydrogen-bond donors (Lipinski definition) is 2. The highest BCUT2D eigenvalue weighted by molar-refractivity contribution is 6.30. The van der Waals surface area contributed by atoms with Crippen LogP contribution in [0.1, 0.15) is 16.1 Å². The number of rotatable bonds is 8. The number of hydrogen-bond acceptors (Lipinski definition) is 5. The zero-order chi connectivity index (χ0) is 24.8. The van der Waals surface area contributed by atoms with Crippen molar-refractivity contribution >= 4 is 34.8 Å². The second kappa shape index (κ2) is 10.8. The summed E-state index contributed by atoms with van der Waals surface area (Å²) in [6.45, 7) is 1.61. The molecule has 9 heteroatoms. The smallest absolute Gasteiger partial charge is 0.262 e. The summed E-state index contributed by atoms with van der Waals surface area (Å²) in [6, 6.07) is 21.1. The molecule has 0 unspecified atom stereocenters. The molecule has 0 atom stereocenters. The highest BCUT2D eigenvalue weighted by Gasteiger charge is 2.16. The average molecular weight is 491 g/mol. The fraction of sp³-hybridized carbons (Fsp3) is 0.115. The molecule has 0 saturated heterocycles. The van der Waals surface area contributed by atoms with Gasteiger partial charge in [-0.15, -0.1) is 0 Å². The van der Waals surface area contributed by atoms with Crippen molar-refractivity contribution < 1.29 is 19.1 Å². The Morgan fingerprint density at radius 3 is 2.40 bits per heavy atom. The number of nitrogens with one attached hydrogen (secondary N) is 2. The number of carbonyl (C=O) groups excluding carboxylic acids is 2. The first-order valence-electron chi connectivity index (χ1n) is 10.7. The fourth-order valence-corrected chi connectivity index (χ4v) is 3.64. The number of anilines is 2. The molecule has 0 bridgehead atoms. The van der Waals surface area contributed by atoms with E-state index in [9.17, 15) is 9.59 Å². The van der Waals surface area contributed by atoms with E-state index in [1.54, 1.807) is 66.2 Å². The lowest BCUT2D eigenvalue weighted by atomic mass is 10.2. The van der Waals surface area contributed by atoms with Gasteiger partial charge >= 0.3 is 0 Å². The summed E-state index contributed by atoms with van der Waals surface area (Å²) in [4.78, 5) is 25.3. The summed E-state index contributed by atoms with van der Waals surface area (Å²) in [5.74, 6) is 0.343. The van der Waals surface area contributed by atoms with Gasteiger partial charge in [-0.3, -0.25) is 9.59 Å². The summed E-state index contributed by atoms with van der Waals surface area (Å²) in [6.07, 6.45) is 1.51. The van der Waals surface area contributed by atoms with Crippen LogP contribution < -0.4 is 20.1 Å². The largest absolute Gasteiger partial charge is 0.493 e. The maximum atomic E-state index is 12.9. The van der Waals surface area contributed by atoms with E-state index in [4.69, 9.17) is 21.1 Å². The lowest BCUT2D eigenvalue weighted by molar-refractivity contribution is -0.118. The maximum Gasteiger partial charge on any atom is 0.262 e. The van der Waals surface area contributed by atoms with Crippen LogP contribution in [0.4, 0.5) is 11.4 Å². The second-order valence-electron chi connectivity index (χ2n) is 7.56. The van der Waals surface area contributed by atoms with E-state index < -0.39 is 0 Å². The van der Waals surface area contributed by atoms with E-state index in [0.29, 0.717) is 39.2 Å². The van der Waals surface area contributed by atoms with Crippen LogP contribution in [0.2, 0.25) is 5.02 Å². The molecule has 0 aliphatic rings. The predicted molar refractivity (Wildman–Crippen MR) is 135 cm³/mol. The quantitative estimate of drug-likeness (QED) is 0.358. The number of amides is 2. The zero-order valence-electron chi connectivity index (χ0n) is 19.1. The lowest BCUT2D eigenvalue weighted by Gasteiger charge is -2.11. The number of methoxy groups -OCH3 is 1. The van der Waals surface area contributed by atoms with Gasteiger partial charge < -0.3 is 20.1 Å². The SMILES string of the molecule is COc1ccccc1OCC(=O)Nc1cccc(NC(=O)c2cnn(-c3cccc(Cl)c3)c2C)c1. The Morgan fingerprint density at radius 2 is 1.66 bits per heavy atom. The molecular weight excluding hydrogens is 468 g/mol. The van der Waals surface area contributed by atoms with Crippen LogP contribution in [0, 0.1) is 6.92 Å². The third-order valence-corrected chi connectivity index (χ3v) is 5.37. The van der Waals surface area contributed by atoms with Crippen LogP contribution in [0.25, 0.3) is 5.69 Å². The summed E-state index contributed by atoms with van der Waals surface area (Å²) >= 11 is 6.08. The number of carbonyl (C=O) groups is 2. The van der Waals surface area contributed by atoms with Crippen LogP contribution in [-0.4, -0.2) is 35.3 Å². The second-order valence-corrected chi connectivity index (χ2v) is 7.99. The van der Waals surface area contributed by atoms with E-state index >= 15 is 0 Å². The molecule has 3 aromatic carbocycles. The van der Waals surface area contributed by atoms with E-state index in [1.165, 1.54) is 13.3 Å². The normalized spacial score (nSPS) is 10.5. The van der Waals surface area contributed by atoms with E-state index in [2.05, 4.69) is 15.7 Å². The molecule has 1 aromatic heterocycles. The first-order valence-corrected chi connectivity index (χ1v) is 11.1. The minimum absolute atomic E-state index is 0.196. The van der Waals surface area contributed by atoms with Gasteiger partial charge in [0.05, 0.1) is 30.3 Å². The Kier molecular flexibility index (Phi) is 7.32. The van der Waals surface area contributed by atoms with Crippen LogP contribution in [-0.2, 0) is 4.79 Å². The number of aromatic nitrogens is 2. The molecule has 35 heavy (non-hydrogen) atoms. The van der Waals surface area contributed by atoms with Gasteiger partial charge in [0.2, 0.25) is 0 Å². The molecule has 2 amide bonds. The van der Waals surface area contributed by atoms with Gasteiger partial charge in [0.15, 0.2) is 18.1 Å². The zero-order valence-corrected chi connectivity index (χ0v) is 19.9. The topological polar surface area (TPSA) is 94.5 Å². The van der Waals surface area contributed by atoms with Crippen LogP contribution in [0.3, 0.4) is 0 Å². The number of nitrogens with zero attached hydrogens (tertiary/aromatic N) is 2. The Balaban J connectivity index is 1.39. The van der Waals surface area contributed by atoms with E-state index in [0.717, 1.165) is 5.69 Å².